The minimum Gasteiger partial charge on any atom is -0.333 e. The van der Waals surface area contributed by atoms with E-state index in [-0.39, 0.29) is 17.7 Å². The zero-order chi connectivity index (χ0) is 9.14. The van der Waals surface area contributed by atoms with Gasteiger partial charge in [-0.1, -0.05) is 6.92 Å². The minimum atomic E-state index is -0.118. The first kappa shape index (κ1) is 9.23. The van der Waals surface area contributed by atoms with Crippen molar-refractivity contribution in [2.24, 2.45) is 0 Å². The molecule has 0 aromatic rings. The predicted octanol–water partition coefficient (Wildman–Crippen LogP) is 0.976. The Kier molecular flexibility index (Phi) is 2.84. The molecule has 1 heterocycles. The van der Waals surface area contributed by atoms with Gasteiger partial charge in [0.15, 0.2) is 5.78 Å². The molecule has 1 aliphatic rings. The number of nitrogens with zero attached hydrogens (tertiary/aromatic N) is 1. The molecular formula is C9H15NO2. The van der Waals surface area contributed by atoms with Crippen molar-refractivity contribution in [1.29, 1.82) is 0 Å². The van der Waals surface area contributed by atoms with Gasteiger partial charge in [0, 0.05) is 19.9 Å². The first-order valence-corrected chi connectivity index (χ1v) is 4.46. The fourth-order valence-electron chi connectivity index (χ4n) is 1.71. The number of Topliss-reactive ketones (excluding diaryl/α,β-unsaturated/α-hetero) is 1. The van der Waals surface area contributed by atoms with Gasteiger partial charge in [-0.2, -0.15) is 0 Å². The van der Waals surface area contributed by atoms with E-state index in [1.54, 1.807) is 4.90 Å². The molecule has 0 N–H and O–H groups in total. The van der Waals surface area contributed by atoms with Gasteiger partial charge in [0.05, 0.1) is 6.04 Å². The molecule has 12 heavy (non-hydrogen) atoms. The van der Waals surface area contributed by atoms with E-state index in [2.05, 4.69) is 0 Å². The molecule has 1 aliphatic heterocycles. The van der Waals surface area contributed by atoms with Crippen molar-refractivity contribution in [1.82, 2.24) is 4.90 Å². The summed E-state index contributed by atoms with van der Waals surface area (Å²) in [6.07, 6.45) is 2.36. The van der Waals surface area contributed by atoms with Crippen molar-refractivity contribution < 1.29 is 9.59 Å². The molecule has 3 heteroatoms. The Bertz CT molecular complexity index is 201. The molecule has 0 spiro atoms. The second-order valence-electron chi connectivity index (χ2n) is 3.19. The Morgan fingerprint density at radius 1 is 1.50 bits per heavy atom. The Morgan fingerprint density at radius 2 is 2.17 bits per heavy atom. The van der Waals surface area contributed by atoms with Crippen LogP contribution in [-0.4, -0.2) is 29.2 Å². The predicted molar refractivity (Wildman–Crippen MR) is 45.7 cm³/mol. The largest absolute Gasteiger partial charge is 0.333 e. The summed E-state index contributed by atoms with van der Waals surface area (Å²) in [5.74, 6) is 0.224. The van der Waals surface area contributed by atoms with Gasteiger partial charge in [0.1, 0.15) is 0 Å². The first-order valence-electron chi connectivity index (χ1n) is 4.46. The summed E-state index contributed by atoms with van der Waals surface area (Å²) in [5, 5.41) is 0. The average molecular weight is 169 g/mol. The normalized spacial score (nSPS) is 22.8. The molecule has 0 aromatic carbocycles. The van der Waals surface area contributed by atoms with Crippen LogP contribution in [0.2, 0.25) is 0 Å². The molecule has 1 atom stereocenters. The number of hydrogen-bond donors (Lipinski definition) is 0. The topological polar surface area (TPSA) is 37.4 Å². The van der Waals surface area contributed by atoms with Crippen LogP contribution < -0.4 is 0 Å². The van der Waals surface area contributed by atoms with Crippen molar-refractivity contribution in [3.63, 3.8) is 0 Å². The standard InChI is InChI=1S/C9H15NO2/c1-3-9(12)8-5-4-6-10(8)7(2)11/h8H,3-6H2,1-2H3. The van der Waals surface area contributed by atoms with E-state index in [1.165, 1.54) is 6.92 Å². The summed E-state index contributed by atoms with van der Waals surface area (Å²) in [6, 6.07) is -0.118. The molecule has 0 saturated carbocycles. The summed E-state index contributed by atoms with van der Waals surface area (Å²) < 4.78 is 0. The second-order valence-corrected chi connectivity index (χ2v) is 3.19. The van der Waals surface area contributed by atoms with E-state index in [0.29, 0.717) is 6.42 Å². The molecule has 1 saturated heterocycles. The number of hydrogen-bond acceptors (Lipinski definition) is 2. The van der Waals surface area contributed by atoms with Crippen LogP contribution in [0.3, 0.4) is 0 Å². The van der Waals surface area contributed by atoms with Gasteiger partial charge in [0.25, 0.3) is 0 Å². The fourth-order valence-corrected chi connectivity index (χ4v) is 1.71. The highest BCUT2D eigenvalue weighted by molar-refractivity contribution is 5.88. The van der Waals surface area contributed by atoms with Gasteiger partial charge in [0.2, 0.25) is 5.91 Å². The van der Waals surface area contributed by atoms with Gasteiger partial charge in [-0.25, -0.2) is 0 Å². The Hall–Kier alpha value is -0.860. The lowest BCUT2D eigenvalue weighted by atomic mass is 10.1. The SMILES string of the molecule is CCC(=O)C1CCCN1C(C)=O. The molecule has 0 aliphatic carbocycles. The van der Waals surface area contributed by atoms with Crippen molar-refractivity contribution >= 4 is 11.7 Å². The van der Waals surface area contributed by atoms with Crippen LogP contribution in [0.4, 0.5) is 0 Å². The highest BCUT2D eigenvalue weighted by Crippen LogP contribution is 2.18. The molecular weight excluding hydrogens is 154 g/mol. The van der Waals surface area contributed by atoms with Crippen molar-refractivity contribution in [2.45, 2.75) is 39.2 Å². The maximum absolute atomic E-state index is 11.3. The molecule has 1 rings (SSSR count). The molecule has 1 fully saturated rings. The number of carbonyl (C=O) groups is 2. The summed E-state index contributed by atoms with van der Waals surface area (Å²) >= 11 is 0. The van der Waals surface area contributed by atoms with E-state index < -0.39 is 0 Å². The van der Waals surface area contributed by atoms with Crippen LogP contribution in [0.1, 0.15) is 33.1 Å². The number of rotatable bonds is 2. The van der Waals surface area contributed by atoms with Gasteiger partial charge in [-0.15, -0.1) is 0 Å². The smallest absolute Gasteiger partial charge is 0.220 e. The molecule has 0 bridgehead atoms. The summed E-state index contributed by atoms with van der Waals surface area (Å²) in [5.41, 5.74) is 0. The Labute approximate surface area is 72.7 Å². The highest BCUT2D eigenvalue weighted by Gasteiger charge is 2.30. The lowest BCUT2D eigenvalue weighted by molar-refractivity contribution is -0.135. The number of ketones is 1. The maximum atomic E-state index is 11.3. The second kappa shape index (κ2) is 3.70. The van der Waals surface area contributed by atoms with Gasteiger partial charge in [-0.05, 0) is 12.8 Å². The molecule has 3 nitrogen and oxygen atoms in total. The molecule has 68 valence electrons. The van der Waals surface area contributed by atoms with E-state index in [9.17, 15) is 9.59 Å². The van der Waals surface area contributed by atoms with Gasteiger partial charge < -0.3 is 4.90 Å². The molecule has 1 unspecified atom stereocenters. The van der Waals surface area contributed by atoms with Gasteiger partial charge in [-0.3, -0.25) is 9.59 Å². The summed E-state index contributed by atoms with van der Waals surface area (Å²) in [6.45, 7) is 4.13. The van der Waals surface area contributed by atoms with Crippen LogP contribution in [-0.2, 0) is 9.59 Å². The number of likely N-dealkylation sites (tertiary alicyclic amines) is 1. The van der Waals surface area contributed by atoms with Crippen LogP contribution in [0, 0.1) is 0 Å². The van der Waals surface area contributed by atoms with Gasteiger partial charge >= 0.3 is 0 Å². The van der Waals surface area contributed by atoms with E-state index in [0.717, 1.165) is 19.4 Å². The lowest BCUT2D eigenvalue weighted by Gasteiger charge is -2.21. The molecule has 1 amide bonds. The Balaban J connectivity index is 2.63. The van der Waals surface area contributed by atoms with E-state index in [4.69, 9.17) is 0 Å². The number of carbonyl (C=O) groups excluding carboxylic acids is 2. The fraction of sp³-hybridized carbons (Fsp3) is 0.778. The van der Waals surface area contributed by atoms with Crippen molar-refractivity contribution in [3.05, 3.63) is 0 Å². The maximum Gasteiger partial charge on any atom is 0.220 e. The third-order valence-corrected chi connectivity index (χ3v) is 2.38. The third-order valence-electron chi connectivity index (χ3n) is 2.38. The monoisotopic (exact) mass is 169 g/mol. The molecule has 0 radical (unpaired) electrons. The number of amides is 1. The van der Waals surface area contributed by atoms with E-state index >= 15 is 0 Å². The lowest BCUT2D eigenvalue weighted by Crippen LogP contribution is -2.38. The highest BCUT2D eigenvalue weighted by atomic mass is 16.2. The van der Waals surface area contributed by atoms with Crippen molar-refractivity contribution in [2.75, 3.05) is 6.54 Å². The Morgan fingerprint density at radius 3 is 2.67 bits per heavy atom. The third kappa shape index (κ3) is 1.65. The minimum absolute atomic E-state index is 0.0271. The zero-order valence-electron chi connectivity index (χ0n) is 7.67. The first-order chi connectivity index (χ1) is 5.66. The quantitative estimate of drug-likeness (QED) is 0.618. The van der Waals surface area contributed by atoms with Crippen LogP contribution in [0.15, 0.2) is 0 Å². The van der Waals surface area contributed by atoms with E-state index in [1.807, 2.05) is 6.92 Å². The van der Waals surface area contributed by atoms with Crippen molar-refractivity contribution in [3.8, 4) is 0 Å². The average Bonchev–Trinajstić information content (AvgIpc) is 2.50. The molecule has 0 aromatic heterocycles. The van der Waals surface area contributed by atoms with Crippen LogP contribution in [0.25, 0.3) is 0 Å². The summed E-state index contributed by atoms with van der Waals surface area (Å²) in [7, 11) is 0. The summed E-state index contributed by atoms with van der Waals surface area (Å²) in [4.78, 5) is 24.1. The van der Waals surface area contributed by atoms with Crippen LogP contribution in [0.5, 0.6) is 0 Å². The van der Waals surface area contributed by atoms with Crippen LogP contribution >= 0.6 is 0 Å². The zero-order valence-corrected chi connectivity index (χ0v) is 7.67.